The van der Waals surface area contributed by atoms with Gasteiger partial charge in [0, 0.05) is 27.7 Å². The Labute approximate surface area is 91.8 Å². The van der Waals surface area contributed by atoms with E-state index in [1.54, 1.807) is 0 Å². The third-order valence-corrected chi connectivity index (χ3v) is 2.01. The fraction of sp³-hybridized carbons (Fsp3) is 1.00. The van der Waals surface area contributed by atoms with Crippen LogP contribution in [0.25, 0.3) is 20.9 Å². The minimum absolute atomic E-state index is 0.111. The van der Waals surface area contributed by atoms with Crippen LogP contribution < -0.4 is 0 Å². The van der Waals surface area contributed by atoms with Gasteiger partial charge in [0.25, 0.3) is 0 Å². The second-order valence-electron chi connectivity index (χ2n) is 3.16. The molecule has 0 aromatic rings. The van der Waals surface area contributed by atoms with Crippen LogP contribution in [0.4, 0.5) is 0 Å². The second kappa shape index (κ2) is 9.57. The van der Waals surface area contributed by atoms with E-state index in [4.69, 9.17) is 11.1 Å². The zero-order valence-corrected chi connectivity index (χ0v) is 8.77. The standard InChI is InChI=1S/C7H13N7O2/c8-12-10-5-3-1-2-4-7(14(15)16)6-11-13-9/h7H,1-6H2. The first-order valence-electron chi connectivity index (χ1n) is 4.87. The molecule has 9 heteroatoms. The van der Waals surface area contributed by atoms with Gasteiger partial charge in [-0.15, -0.1) is 0 Å². The van der Waals surface area contributed by atoms with Crippen molar-refractivity contribution in [1.29, 1.82) is 0 Å². The summed E-state index contributed by atoms with van der Waals surface area (Å²) in [7, 11) is 0. The lowest BCUT2D eigenvalue weighted by molar-refractivity contribution is -0.520. The first-order valence-corrected chi connectivity index (χ1v) is 4.87. The Morgan fingerprint density at radius 1 is 1.19 bits per heavy atom. The Morgan fingerprint density at radius 3 is 2.44 bits per heavy atom. The summed E-state index contributed by atoms with van der Waals surface area (Å²) in [6.07, 6.45) is 2.52. The van der Waals surface area contributed by atoms with E-state index in [9.17, 15) is 10.1 Å². The van der Waals surface area contributed by atoms with Crippen LogP contribution in [0, 0.1) is 10.1 Å². The van der Waals surface area contributed by atoms with E-state index in [1.807, 2.05) is 0 Å². The lowest BCUT2D eigenvalue weighted by Crippen LogP contribution is -2.22. The number of azide groups is 2. The molecule has 0 spiro atoms. The maximum absolute atomic E-state index is 10.5. The number of rotatable bonds is 9. The third kappa shape index (κ3) is 7.43. The summed E-state index contributed by atoms with van der Waals surface area (Å²) in [6, 6.07) is -0.810. The van der Waals surface area contributed by atoms with Gasteiger partial charge in [-0.25, -0.2) is 0 Å². The Bertz CT molecular complexity index is 306. The molecule has 0 amide bonds. The van der Waals surface area contributed by atoms with Crippen molar-refractivity contribution in [2.45, 2.75) is 31.7 Å². The molecule has 0 heterocycles. The maximum Gasteiger partial charge on any atom is 0.218 e. The van der Waals surface area contributed by atoms with Gasteiger partial charge in [-0.2, -0.15) is 0 Å². The van der Waals surface area contributed by atoms with Crippen LogP contribution in [0.3, 0.4) is 0 Å². The van der Waals surface area contributed by atoms with Gasteiger partial charge in [0.15, 0.2) is 0 Å². The van der Waals surface area contributed by atoms with E-state index in [0.29, 0.717) is 19.4 Å². The van der Waals surface area contributed by atoms with E-state index in [1.165, 1.54) is 0 Å². The Morgan fingerprint density at radius 2 is 1.88 bits per heavy atom. The number of unbranched alkanes of at least 4 members (excludes halogenated alkanes) is 2. The van der Waals surface area contributed by atoms with Crippen molar-refractivity contribution in [3.05, 3.63) is 31.0 Å². The highest BCUT2D eigenvalue weighted by Crippen LogP contribution is 2.07. The van der Waals surface area contributed by atoms with Crippen molar-refractivity contribution in [3.63, 3.8) is 0 Å². The van der Waals surface area contributed by atoms with Crippen LogP contribution >= 0.6 is 0 Å². The highest BCUT2D eigenvalue weighted by molar-refractivity contribution is 4.61. The molecule has 0 aliphatic rings. The summed E-state index contributed by atoms with van der Waals surface area (Å²) in [4.78, 5) is 15.2. The molecule has 0 aliphatic heterocycles. The van der Waals surface area contributed by atoms with E-state index >= 15 is 0 Å². The molecule has 0 N–H and O–H groups in total. The van der Waals surface area contributed by atoms with E-state index < -0.39 is 11.0 Å². The number of hydrogen-bond acceptors (Lipinski definition) is 4. The van der Waals surface area contributed by atoms with Crippen molar-refractivity contribution in [2.24, 2.45) is 10.2 Å². The van der Waals surface area contributed by atoms with Gasteiger partial charge in [-0.3, -0.25) is 10.1 Å². The summed E-state index contributed by atoms with van der Waals surface area (Å²) >= 11 is 0. The summed E-state index contributed by atoms with van der Waals surface area (Å²) in [5.41, 5.74) is 16.1. The molecule has 1 atom stereocenters. The number of nitrogens with zero attached hydrogens (tertiary/aromatic N) is 7. The van der Waals surface area contributed by atoms with Crippen LogP contribution in [0.15, 0.2) is 10.2 Å². The van der Waals surface area contributed by atoms with E-state index in [2.05, 4.69) is 20.1 Å². The zero-order valence-electron chi connectivity index (χ0n) is 8.77. The van der Waals surface area contributed by atoms with E-state index in [0.717, 1.165) is 12.8 Å². The molecular formula is C7H13N7O2. The van der Waals surface area contributed by atoms with Crippen molar-refractivity contribution >= 4 is 0 Å². The fourth-order valence-electron chi connectivity index (χ4n) is 1.18. The average Bonchev–Trinajstić information content (AvgIpc) is 2.26. The minimum Gasteiger partial charge on any atom is -0.264 e. The maximum atomic E-state index is 10.5. The van der Waals surface area contributed by atoms with Crippen LogP contribution in [-0.2, 0) is 0 Å². The van der Waals surface area contributed by atoms with Crippen LogP contribution in [0.1, 0.15) is 25.7 Å². The molecule has 0 aromatic heterocycles. The molecule has 0 saturated heterocycles. The second-order valence-corrected chi connectivity index (χ2v) is 3.16. The van der Waals surface area contributed by atoms with Gasteiger partial charge in [-0.05, 0) is 23.9 Å². The molecule has 0 radical (unpaired) electrons. The predicted octanol–water partition coefficient (Wildman–Crippen LogP) is 2.81. The Balaban J connectivity index is 3.71. The van der Waals surface area contributed by atoms with E-state index in [-0.39, 0.29) is 6.54 Å². The Kier molecular flexibility index (Phi) is 8.39. The normalized spacial score (nSPS) is 11.0. The molecule has 9 nitrogen and oxygen atoms in total. The first-order chi connectivity index (χ1) is 7.72. The monoisotopic (exact) mass is 227 g/mol. The van der Waals surface area contributed by atoms with Gasteiger partial charge in [0.05, 0.1) is 6.54 Å². The summed E-state index contributed by atoms with van der Waals surface area (Å²) < 4.78 is 0. The average molecular weight is 227 g/mol. The minimum atomic E-state index is -0.810. The Hall–Kier alpha value is -1.98. The lowest BCUT2D eigenvalue weighted by Gasteiger charge is -2.05. The quantitative estimate of drug-likeness (QED) is 0.149. The molecule has 0 bridgehead atoms. The highest BCUT2D eigenvalue weighted by atomic mass is 16.6. The topological polar surface area (TPSA) is 141 Å². The molecule has 88 valence electrons. The van der Waals surface area contributed by atoms with Crippen LogP contribution in [0.5, 0.6) is 0 Å². The molecule has 1 unspecified atom stereocenters. The molecule has 0 aromatic carbocycles. The fourth-order valence-corrected chi connectivity index (χ4v) is 1.18. The molecule has 0 aliphatic carbocycles. The van der Waals surface area contributed by atoms with Crippen LogP contribution in [0.2, 0.25) is 0 Å². The van der Waals surface area contributed by atoms with Crippen molar-refractivity contribution in [2.75, 3.05) is 13.1 Å². The lowest BCUT2D eigenvalue weighted by atomic mass is 10.1. The van der Waals surface area contributed by atoms with Gasteiger partial charge >= 0.3 is 0 Å². The smallest absolute Gasteiger partial charge is 0.218 e. The van der Waals surface area contributed by atoms with Gasteiger partial charge < -0.3 is 0 Å². The number of hydrogen-bond donors (Lipinski definition) is 0. The molecule has 0 fully saturated rings. The van der Waals surface area contributed by atoms with Crippen molar-refractivity contribution in [1.82, 2.24) is 0 Å². The third-order valence-electron chi connectivity index (χ3n) is 2.01. The van der Waals surface area contributed by atoms with Crippen LogP contribution in [-0.4, -0.2) is 24.1 Å². The molecular weight excluding hydrogens is 214 g/mol. The number of nitro groups is 1. The largest absolute Gasteiger partial charge is 0.264 e. The SMILES string of the molecule is [N-]=[N+]=NCCCCCC(CN=[N+]=[N-])[N+](=O)[O-]. The van der Waals surface area contributed by atoms with Gasteiger partial charge in [0.2, 0.25) is 6.04 Å². The van der Waals surface area contributed by atoms with Crippen molar-refractivity contribution in [3.8, 4) is 0 Å². The zero-order chi connectivity index (χ0) is 12.2. The summed E-state index contributed by atoms with van der Waals surface area (Å²) in [5.74, 6) is 0. The molecule has 0 rings (SSSR count). The van der Waals surface area contributed by atoms with Gasteiger partial charge in [-0.1, -0.05) is 16.6 Å². The van der Waals surface area contributed by atoms with Crippen molar-refractivity contribution < 1.29 is 4.92 Å². The molecule has 0 saturated carbocycles. The summed E-state index contributed by atoms with van der Waals surface area (Å²) in [6.45, 7) is 0.301. The predicted molar refractivity (Wildman–Crippen MR) is 57.3 cm³/mol. The molecule has 16 heavy (non-hydrogen) atoms. The highest BCUT2D eigenvalue weighted by Gasteiger charge is 2.17. The first kappa shape index (κ1) is 14.0. The summed E-state index contributed by atoms with van der Waals surface area (Å²) in [5, 5.41) is 17.1. The van der Waals surface area contributed by atoms with Gasteiger partial charge in [0.1, 0.15) is 0 Å².